The molecule has 1 aromatic heterocycles. The number of piperidine rings is 1. The van der Waals surface area contributed by atoms with E-state index in [0.717, 1.165) is 59.8 Å². The number of hydrogen-bond acceptors (Lipinski definition) is 2. The van der Waals surface area contributed by atoms with E-state index in [4.69, 9.17) is 11.6 Å². The molecule has 1 saturated heterocycles. The summed E-state index contributed by atoms with van der Waals surface area (Å²) in [5.74, 6) is 0.520. The Bertz CT molecular complexity index is 921. The predicted octanol–water partition coefficient (Wildman–Crippen LogP) is 5.07. The van der Waals surface area contributed by atoms with Gasteiger partial charge in [0.15, 0.2) is 0 Å². The molecule has 1 N–H and O–H groups in total. The third kappa shape index (κ3) is 4.28. The third-order valence-electron chi connectivity index (χ3n) is 5.48. The number of nitrogens with one attached hydrogen (secondary N) is 1. The van der Waals surface area contributed by atoms with Gasteiger partial charge in [-0.2, -0.15) is 5.10 Å². The van der Waals surface area contributed by atoms with E-state index < -0.39 is 0 Å². The van der Waals surface area contributed by atoms with Crippen molar-refractivity contribution >= 4 is 17.5 Å². The number of nitrogens with zero attached hydrogens (tertiary/aromatic N) is 2. The van der Waals surface area contributed by atoms with E-state index in [1.165, 1.54) is 0 Å². The summed E-state index contributed by atoms with van der Waals surface area (Å²) in [5.41, 5.74) is 4.59. The number of amides is 1. The van der Waals surface area contributed by atoms with E-state index in [-0.39, 0.29) is 5.91 Å². The Balaban J connectivity index is 1.41. The summed E-state index contributed by atoms with van der Waals surface area (Å²) in [6, 6.07) is 18.0. The lowest BCUT2D eigenvalue weighted by molar-refractivity contribution is -0.132. The Labute approximate surface area is 170 Å². The predicted molar refractivity (Wildman–Crippen MR) is 112 cm³/mol. The number of likely N-dealkylation sites (tertiary alicyclic amines) is 1. The highest BCUT2D eigenvalue weighted by Gasteiger charge is 2.27. The van der Waals surface area contributed by atoms with Gasteiger partial charge in [0.25, 0.3) is 0 Å². The van der Waals surface area contributed by atoms with E-state index in [2.05, 4.69) is 22.3 Å². The summed E-state index contributed by atoms with van der Waals surface area (Å²) >= 11 is 5.93. The second-order valence-corrected chi connectivity index (χ2v) is 7.81. The summed E-state index contributed by atoms with van der Waals surface area (Å²) in [7, 11) is 0. The van der Waals surface area contributed by atoms with Crippen LogP contribution in [-0.2, 0) is 11.2 Å². The molecule has 0 bridgehead atoms. The third-order valence-corrected chi connectivity index (χ3v) is 5.73. The molecule has 2 heterocycles. The Morgan fingerprint density at radius 1 is 1.14 bits per heavy atom. The number of aryl methyl sites for hydroxylation is 1. The van der Waals surface area contributed by atoms with E-state index in [9.17, 15) is 4.79 Å². The lowest BCUT2D eigenvalue weighted by Gasteiger charge is -2.33. The molecule has 1 fully saturated rings. The Morgan fingerprint density at radius 3 is 2.71 bits per heavy atom. The molecule has 0 aliphatic carbocycles. The van der Waals surface area contributed by atoms with Crippen LogP contribution < -0.4 is 0 Å². The zero-order valence-corrected chi connectivity index (χ0v) is 16.5. The SMILES string of the molecule is O=C(CCc1ccc(Cl)cc1)N1CCC[C@H](c2[nH]ncc2-c2ccccc2)C1. The van der Waals surface area contributed by atoms with Crippen molar-refractivity contribution in [2.45, 2.75) is 31.6 Å². The van der Waals surface area contributed by atoms with Crippen molar-refractivity contribution in [1.82, 2.24) is 15.1 Å². The average Bonchev–Trinajstić information content (AvgIpc) is 3.24. The highest BCUT2D eigenvalue weighted by Crippen LogP contribution is 2.33. The van der Waals surface area contributed by atoms with Gasteiger partial charge < -0.3 is 4.90 Å². The molecule has 144 valence electrons. The van der Waals surface area contributed by atoms with E-state index in [0.29, 0.717) is 12.3 Å². The molecule has 0 unspecified atom stereocenters. The van der Waals surface area contributed by atoms with Crippen molar-refractivity contribution in [2.24, 2.45) is 0 Å². The van der Waals surface area contributed by atoms with Gasteiger partial charge in [-0.3, -0.25) is 9.89 Å². The zero-order valence-electron chi connectivity index (χ0n) is 15.8. The Kier molecular flexibility index (Phi) is 5.77. The van der Waals surface area contributed by atoms with Crippen molar-refractivity contribution in [1.29, 1.82) is 0 Å². The molecule has 1 aliphatic heterocycles. The van der Waals surface area contributed by atoms with Gasteiger partial charge in [-0.1, -0.05) is 54.1 Å². The van der Waals surface area contributed by atoms with Crippen LogP contribution in [0.2, 0.25) is 5.02 Å². The standard InChI is InChI=1S/C23H24ClN3O/c24-20-11-8-17(9-12-20)10-13-22(28)27-14-4-7-19(16-27)23-21(15-25-26-23)18-5-2-1-3-6-18/h1-3,5-6,8-9,11-12,15,19H,4,7,10,13-14,16H2,(H,25,26)/t19-/m0/s1. The van der Waals surface area contributed by atoms with Crippen LogP contribution in [0.1, 0.15) is 36.4 Å². The number of aromatic nitrogens is 2. The van der Waals surface area contributed by atoms with Gasteiger partial charge in [0, 0.05) is 41.7 Å². The Hall–Kier alpha value is -2.59. The lowest BCUT2D eigenvalue weighted by Crippen LogP contribution is -2.39. The van der Waals surface area contributed by atoms with Gasteiger partial charge in [-0.05, 0) is 42.5 Å². The summed E-state index contributed by atoms with van der Waals surface area (Å²) in [4.78, 5) is 14.8. The molecule has 1 aliphatic rings. The number of halogens is 1. The zero-order chi connectivity index (χ0) is 19.3. The first-order valence-electron chi connectivity index (χ1n) is 9.81. The van der Waals surface area contributed by atoms with Crippen LogP contribution in [0.5, 0.6) is 0 Å². The van der Waals surface area contributed by atoms with Crippen LogP contribution in [-0.4, -0.2) is 34.1 Å². The van der Waals surface area contributed by atoms with Crippen molar-refractivity contribution in [3.8, 4) is 11.1 Å². The van der Waals surface area contributed by atoms with Crippen LogP contribution in [0.25, 0.3) is 11.1 Å². The smallest absolute Gasteiger partial charge is 0.222 e. The van der Waals surface area contributed by atoms with Crippen molar-refractivity contribution in [2.75, 3.05) is 13.1 Å². The van der Waals surface area contributed by atoms with Crippen molar-refractivity contribution in [3.05, 3.63) is 77.1 Å². The average molecular weight is 394 g/mol. The monoisotopic (exact) mass is 393 g/mol. The van der Waals surface area contributed by atoms with Crippen LogP contribution in [0.3, 0.4) is 0 Å². The summed E-state index contributed by atoms with van der Waals surface area (Å²) < 4.78 is 0. The van der Waals surface area contributed by atoms with Crippen molar-refractivity contribution in [3.63, 3.8) is 0 Å². The Morgan fingerprint density at radius 2 is 1.93 bits per heavy atom. The molecule has 1 amide bonds. The largest absolute Gasteiger partial charge is 0.342 e. The van der Waals surface area contributed by atoms with Crippen LogP contribution in [0.4, 0.5) is 0 Å². The summed E-state index contributed by atoms with van der Waals surface area (Å²) in [6.07, 6.45) is 5.26. The summed E-state index contributed by atoms with van der Waals surface area (Å²) in [6.45, 7) is 1.59. The molecule has 1 atom stereocenters. The number of aromatic amines is 1. The fourth-order valence-electron chi connectivity index (χ4n) is 3.95. The normalized spacial score (nSPS) is 16.9. The van der Waals surface area contributed by atoms with Crippen LogP contribution >= 0.6 is 11.6 Å². The maximum Gasteiger partial charge on any atom is 0.222 e. The fraction of sp³-hybridized carbons (Fsp3) is 0.304. The van der Waals surface area contributed by atoms with Gasteiger partial charge in [0.1, 0.15) is 0 Å². The quantitative estimate of drug-likeness (QED) is 0.657. The molecule has 4 rings (SSSR count). The number of hydrogen-bond donors (Lipinski definition) is 1. The van der Waals surface area contributed by atoms with Gasteiger partial charge in [-0.25, -0.2) is 0 Å². The molecule has 28 heavy (non-hydrogen) atoms. The first-order valence-corrected chi connectivity index (χ1v) is 10.2. The second kappa shape index (κ2) is 8.61. The molecule has 0 radical (unpaired) electrons. The van der Waals surface area contributed by atoms with Gasteiger partial charge >= 0.3 is 0 Å². The molecule has 2 aromatic carbocycles. The van der Waals surface area contributed by atoms with E-state index in [1.54, 1.807) is 0 Å². The number of carbonyl (C=O) groups is 1. The fourth-order valence-corrected chi connectivity index (χ4v) is 4.08. The topological polar surface area (TPSA) is 49.0 Å². The minimum absolute atomic E-state index is 0.223. The number of H-pyrrole nitrogens is 1. The first-order chi connectivity index (χ1) is 13.7. The molecular formula is C23H24ClN3O. The lowest BCUT2D eigenvalue weighted by atomic mass is 9.90. The maximum absolute atomic E-state index is 12.8. The van der Waals surface area contributed by atoms with Crippen LogP contribution in [0, 0.1) is 0 Å². The van der Waals surface area contributed by atoms with Crippen molar-refractivity contribution < 1.29 is 4.79 Å². The minimum Gasteiger partial charge on any atom is -0.342 e. The highest BCUT2D eigenvalue weighted by molar-refractivity contribution is 6.30. The van der Waals surface area contributed by atoms with Gasteiger partial charge in [-0.15, -0.1) is 0 Å². The minimum atomic E-state index is 0.223. The molecular weight excluding hydrogens is 370 g/mol. The van der Waals surface area contributed by atoms with Gasteiger partial charge in [0.2, 0.25) is 5.91 Å². The molecule has 3 aromatic rings. The molecule has 4 nitrogen and oxygen atoms in total. The number of carbonyl (C=O) groups excluding carboxylic acids is 1. The maximum atomic E-state index is 12.8. The summed E-state index contributed by atoms with van der Waals surface area (Å²) in [5, 5.41) is 8.21. The number of benzene rings is 2. The highest BCUT2D eigenvalue weighted by atomic mass is 35.5. The van der Waals surface area contributed by atoms with E-state index in [1.807, 2.05) is 53.6 Å². The first kappa shape index (κ1) is 18.8. The van der Waals surface area contributed by atoms with Crippen LogP contribution in [0.15, 0.2) is 60.8 Å². The van der Waals surface area contributed by atoms with Gasteiger partial charge in [0.05, 0.1) is 6.20 Å². The molecule has 0 saturated carbocycles. The second-order valence-electron chi connectivity index (χ2n) is 7.37. The van der Waals surface area contributed by atoms with E-state index >= 15 is 0 Å². The molecule has 0 spiro atoms. The number of rotatable bonds is 5. The molecule has 5 heteroatoms.